The van der Waals surface area contributed by atoms with Crippen LogP contribution in [0.4, 0.5) is 0 Å². The van der Waals surface area contributed by atoms with E-state index in [0.717, 1.165) is 77.9 Å². The molecule has 0 aliphatic rings. The summed E-state index contributed by atoms with van der Waals surface area (Å²) < 4.78 is 7.02. The summed E-state index contributed by atoms with van der Waals surface area (Å²) in [6.07, 6.45) is 1.89. The van der Waals surface area contributed by atoms with Crippen LogP contribution in [0.1, 0.15) is 0 Å². The number of pyridine rings is 1. The molecule has 0 N–H and O–H groups in total. The van der Waals surface area contributed by atoms with Crippen LogP contribution in [0.25, 0.3) is 139 Å². The van der Waals surface area contributed by atoms with Gasteiger partial charge in [0.15, 0.2) is 17.5 Å². The highest BCUT2D eigenvalue weighted by Gasteiger charge is 2.20. The van der Waals surface area contributed by atoms with Crippen molar-refractivity contribution < 1.29 is 0 Å². The highest BCUT2D eigenvalue weighted by atomic mass is 15.1. The van der Waals surface area contributed by atoms with Gasteiger partial charge in [-0.2, -0.15) is 0 Å². The molecule has 75 heavy (non-hydrogen) atoms. The zero-order valence-corrected chi connectivity index (χ0v) is 40.5. The van der Waals surface area contributed by atoms with Gasteiger partial charge < -0.3 is 9.13 Å². The van der Waals surface area contributed by atoms with Crippen LogP contribution >= 0.6 is 0 Å². The summed E-state index contributed by atoms with van der Waals surface area (Å²) in [5.41, 5.74) is 16.4. The van der Waals surface area contributed by atoms with Crippen molar-refractivity contribution in [1.29, 1.82) is 0 Å². The molecule has 0 aliphatic carbocycles. The van der Waals surface area contributed by atoms with Gasteiger partial charge in [-0.15, -0.1) is 0 Å². The molecule has 15 rings (SSSR count). The molecule has 0 bridgehead atoms. The first kappa shape index (κ1) is 42.4. The number of hydrogen-bond donors (Lipinski definition) is 0. The molecule has 5 heterocycles. The lowest BCUT2D eigenvalue weighted by molar-refractivity contribution is 1.05. The Labute approximate surface area is 431 Å². The van der Waals surface area contributed by atoms with Crippen LogP contribution in [0.5, 0.6) is 0 Å². The maximum Gasteiger partial charge on any atom is 0.165 e. The fraction of sp³-hybridized carbons (Fsp3) is 0. The second-order valence-corrected chi connectivity index (χ2v) is 19.1. The molecule has 15 aromatic rings. The molecule has 0 aliphatic heterocycles. The first-order valence-electron chi connectivity index (χ1n) is 25.3. The minimum absolute atomic E-state index is 0.561. The lowest BCUT2D eigenvalue weighted by Gasteiger charge is -2.10. The average molecular weight is 958 g/mol. The van der Waals surface area contributed by atoms with Crippen LogP contribution < -0.4 is 0 Å². The van der Waals surface area contributed by atoms with Crippen LogP contribution in [-0.2, 0) is 0 Å². The third-order valence-electron chi connectivity index (χ3n) is 14.7. The Morgan fingerprint density at radius 1 is 0.227 bits per heavy atom. The van der Waals surface area contributed by atoms with E-state index in [1.54, 1.807) is 0 Å². The molecule has 0 amide bonds. The zero-order chi connectivity index (χ0) is 49.4. The number of fused-ring (bicyclic) bond motifs is 9. The highest BCUT2D eigenvalue weighted by Crippen LogP contribution is 2.41. The SMILES string of the molecule is c1ccc(-c2nc(-c3ccccc3)nc(-c3ccc(-n4c5ccc(-c6ccc7c(c6)c6ccccc6n7-c6ccccc6)cc5c5cc(-c6ccc7c(c6)c6ccccc6n7-c6ccccc6)ccc54)nc3)n2)cc1. The van der Waals surface area contributed by atoms with Crippen molar-refractivity contribution >= 4 is 65.4 Å². The molecule has 0 unspecified atom stereocenters. The van der Waals surface area contributed by atoms with E-state index in [2.05, 4.69) is 208 Å². The van der Waals surface area contributed by atoms with E-state index >= 15 is 0 Å². The van der Waals surface area contributed by atoms with Crippen molar-refractivity contribution in [2.75, 3.05) is 0 Å². The molecule has 5 aromatic heterocycles. The first-order valence-corrected chi connectivity index (χ1v) is 25.3. The van der Waals surface area contributed by atoms with Gasteiger partial charge in [0.25, 0.3) is 0 Å². The summed E-state index contributed by atoms with van der Waals surface area (Å²) in [5.74, 6) is 2.58. The van der Waals surface area contributed by atoms with Crippen molar-refractivity contribution in [3.8, 4) is 73.6 Å². The predicted molar refractivity (Wildman–Crippen MR) is 308 cm³/mol. The number of benzene rings is 10. The first-order chi connectivity index (χ1) is 37.2. The maximum atomic E-state index is 5.20. The quantitative estimate of drug-likeness (QED) is 0.152. The summed E-state index contributed by atoms with van der Waals surface area (Å²) in [4.78, 5) is 20.1. The monoisotopic (exact) mass is 957 g/mol. The van der Waals surface area contributed by atoms with Gasteiger partial charge in [-0.1, -0.05) is 158 Å². The van der Waals surface area contributed by atoms with Crippen molar-refractivity contribution in [3.63, 3.8) is 0 Å². The molecular formula is C68H43N7. The van der Waals surface area contributed by atoms with E-state index in [0.29, 0.717) is 17.5 Å². The predicted octanol–water partition coefficient (Wildman–Crippen LogP) is 16.9. The van der Waals surface area contributed by atoms with Crippen molar-refractivity contribution in [1.82, 2.24) is 33.6 Å². The minimum Gasteiger partial charge on any atom is -0.309 e. The van der Waals surface area contributed by atoms with E-state index in [1.165, 1.54) is 43.6 Å². The number of rotatable bonds is 8. The molecule has 7 nitrogen and oxygen atoms in total. The molecule has 0 saturated heterocycles. The molecule has 0 saturated carbocycles. The number of nitrogens with zero attached hydrogens (tertiary/aromatic N) is 7. The lowest BCUT2D eigenvalue weighted by atomic mass is 9.98. The molecule has 0 spiro atoms. The van der Waals surface area contributed by atoms with E-state index in [4.69, 9.17) is 19.9 Å². The summed E-state index contributed by atoms with van der Waals surface area (Å²) in [6, 6.07) is 90.5. The number of aromatic nitrogens is 7. The van der Waals surface area contributed by atoms with E-state index in [1.807, 2.05) is 66.9 Å². The lowest BCUT2D eigenvalue weighted by Crippen LogP contribution is -2.01. The van der Waals surface area contributed by atoms with Crippen molar-refractivity contribution in [2.45, 2.75) is 0 Å². The Morgan fingerprint density at radius 3 is 0.947 bits per heavy atom. The van der Waals surface area contributed by atoms with Crippen LogP contribution in [0, 0.1) is 0 Å². The number of para-hydroxylation sites is 4. The van der Waals surface area contributed by atoms with Gasteiger partial charge in [0.2, 0.25) is 0 Å². The summed E-state index contributed by atoms with van der Waals surface area (Å²) in [6.45, 7) is 0. The topological polar surface area (TPSA) is 66.3 Å². The third kappa shape index (κ3) is 7.05. The van der Waals surface area contributed by atoms with Gasteiger partial charge in [-0.3, -0.25) is 4.57 Å². The van der Waals surface area contributed by atoms with Crippen LogP contribution in [0.3, 0.4) is 0 Å². The average Bonchev–Trinajstić information content (AvgIpc) is 4.18. The van der Waals surface area contributed by atoms with Crippen LogP contribution in [0.15, 0.2) is 261 Å². The van der Waals surface area contributed by atoms with Gasteiger partial charge in [0.05, 0.1) is 33.1 Å². The second kappa shape index (κ2) is 17.2. The van der Waals surface area contributed by atoms with Crippen LogP contribution in [-0.4, -0.2) is 33.6 Å². The summed E-state index contributed by atoms with van der Waals surface area (Å²) >= 11 is 0. The molecular weight excluding hydrogens is 915 g/mol. The summed E-state index contributed by atoms with van der Waals surface area (Å²) in [7, 11) is 0. The minimum atomic E-state index is 0.561. The molecule has 350 valence electrons. The molecule has 0 atom stereocenters. The molecule has 0 fully saturated rings. The Morgan fingerprint density at radius 2 is 0.547 bits per heavy atom. The Balaban J connectivity index is 0.897. The van der Waals surface area contributed by atoms with E-state index in [9.17, 15) is 0 Å². The zero-order valence-electron chi connectivity index (χ0n) is 40.5. The largest absolute Gasteiger partial charge is 0.309 e. The highest BCUT2D eigenvalue weighted by molar-refractivity contribution is 6.14. The van der Waals surface area contributed by atoms with Gasteiger partial charge in [0, 0.05) is 66.6 Å². The smallest absolute Gasteiger partial charge is 0.165 e. The van der Waals surface area contributed by atoms with Gasteiger partial charge in [-0.25, -0.2) is 19.9 Å². The van der Waals surface area contributed by atoms with Gasteiger partial charge in [-0.05, 0) is 119 Å². The normalized spacial score (nSPS) is 11.7. The van der Waals surface area contributed by atoms with Crippen molar-refractivity contribution in [3.05, 3.63) is 261 Å². The van der Waals surface area contributed by atoms with Crippen molar-refractivity contribution in [2.24, 2.45) is 0 Å². The maximum absolute atomic E-state index is 5.20. The Bertz CT molecular complexity index is 4400. The standard InChI is InChI=1S/C68H43N7/c1-5-17-44(18-6-1)66-70-67(45-19-7-2-8-20-45)72-68(71-66)50-33-38-65(69-43-50)75-63-36-31-48(46-29-34-61-55(39-46)53-25-13-15-27-59(53)73(61)51-21-9-3-10-22-51)41-57(63)58-42-49(32-37-64(58)75)47-30-35-62-56(40-47)54-26-14-16-28-60(54)74(62)52-23-11-4-12-24-52/h1-43H. The molecule has 10 aromatic carbocycles. The van der Waals surface area contributed by atoms with E-state index < -0.39 is 0 Å². The third-order valence-corrected chi connectivity index (χ3v) is 14.7. The second-order valence-electron chi connectivity index (χ2n) is 19.1. The Kier molecular flexibility index (Phi) is 9.75. The molecule has 7 heteroatoms. The van der Waals surface area contributed by atoms with Gasteiger partial charge in [0.1, 0.15) is 5.82 Å². The molecule has 0 radical (unpaired) electrons. The van der Waals surface area contributed by atoms with E-state index in [-0.39, 0.29) is 0 Å². The fourth-order valence-electron chi connectivity index (χ4n) is 11.2. The fourth-order valence-corrected chi connectivity index (χ4v) is 11.2. The number of hydrogen-bond acceptors (Lipinski definition) is 4. The summed E-state index contributed by atoms with van der Waals surface area (Å²) in [5, 5.41) is 7.17. The van der Waals surface area contributed by atoms with Crippen LogP contribution in [0.2, 0.25) is 0 Å². The van der Waals surface area contributed by atoms with Gasteiger partial charge >= 0.3 is 0 Å². The Hall–Kier alpha value is -10.2.